The van der Waals surface area contributed by atoms with Gasteiger partial charge in [0.1, 0.15) is 35.1 Å². The lowest BCUT2D eigenvalue weighted by Gasteiger charge is -2.38. The van der Waals surface area contributed by atoms with Crippen molar-refractivity contribution >= 4 is 46.0 Å². The minimum atomic E-state index is -2.03. The maximum atomic E-state index is 15.0. The summed E-state index contributed by atoms with van der Waals surface area (Å²) >= 11 is 0. The zero-order valence-corrected chi connectivity index (χ0v) is 44.6. The van der Waals surface area contributed by atoms with Gasteiger partial charge in [-0.15, -0.1) is 0 Å². The van der Waals surface area contributed by atoms with Crippen LogP contribution in [0.25, 0.3) is 10.8 Å². The number of methoxy groups -OCH3 is 1. The van der Waals surface area contributed by atoms with E-state index in [1.165, 1.54) is 26.4 Å². The third-order valence-electron chi connectivity index (χ3n) is 15.6. The number of aromatic nitrogens is 2. The van der Waals surface area contributed by atoms with Gasteiger partial charge in [0.2, 0.25) is 11.9 Å². The first-order chi connectivity index (χ1) is 35.6. The summed E-state index contributed by atoms with van der Waals surface area (Å²) in [6, 6.07) is 1.72. The Balaban J connectivity index is 1.15. The van der Waals surface area contributed by atoms with Gasteiger partial charge in [0.05, 0.1) is 40.9 Å². The van der Waals surface area contributed by atoms with Gasteiger partial charge in [-0.1, -0.05) is 59.8 Å². The predicted molar refractivity (Wildman–Crippen MR) is 277 cm³/mol. The number of anilines is 2. The van der Waals surface area contributed by atoms with Crippen LogP contribution in [0.5, 0.6) is 17.2 Å². The molecule has 0 unspecified atom stereocenters. The predicted octanol–water partition coefficient (Wildman–Crippen LogP) is 4.26. The Morgan fingerprint density at radius 2 is 1.55 bits per heavy atom. The van der Waals surface area contributed by atoms with Crippen LogP contribution in [0.3, 0.4) is 0 Å². The van der Waals surface area contributed by atoms with E-state index < -0.39 is 101 Å². The maximum Gasteiger partial charge on any atom is 0.315 e. The molecule has 20 nitrogen and oxygen atoms in total. The Bertz CT molecular complexity index is 2910. The third-order valence-corrected chi connectivity index (χ3v) is 15.6. The summed E-state index contributed by atoms with van der Waals surface area (Å²) in [6.07, 6.45) is 7.00. The summed E-state index contributed by atoms with van der Waals surface area (Å²) in [5, 5.41) is 51.0. The molecule has 0 aliphatic carbocycles. The highest BCUT2D eigenvalue weighted by atomic mass is 16.7. The number of aromatic hydroxyl groups is 2. The number of Topliss-reactive ketones (excluding diaryl/α,β-unsaturated/α-hetero) is 1. The van der Waals surface area contributed by atoms with Gasteiger partial charge in [-0.3, -0.25) is 29.2 Å². The first-order valence-electron chi connectivity index (χ1n) is 26.0. The standard InChI is InChI=1S/C55H72N8O12/c1-29(2)28-61-20-16-55(17-21-61)59-42-39-40-47(68)35(8)50-41(39)51(70)54(9,75-50)73-26-15-36(72-10)32(5)49(74-38(65)27-37(64)62-22-24-63(25-23-62)53-56-18-12-19-57-53)34(7)46(67)33(6)45(66)30(3)13-11-14-31(4)52(71)58-44(48(40)69)43(42)60-55/h11-15,18-19,26,29-30,32-34,36,45-46,49,66-69H,16-17,20-25,27-28H2,1-10H3,(H,58,71)/b13-11+,26-15+,31-14-/t30-,32+,33+,34+,36-,45-,46+,49+,54-/m0/s1. The molecule has 5 bridgehead atoms. The highest BCUT2D eigenvalue weighted by Crippen LogP contribution is 2.50. The number of phenolic OH excluding ortho intramolecular Hbond substituents is 2. The first kappa shape index (κ1) is 54.8. The van der Waals surface area contributed by atoms with Crippen LogP contribution < -0.4 is 25.7 Å². The number of nitrogens with one attached hydrogen (secondary N) is 1. The molecule has 9 atom stereocenters. The fraction of sp³-hybridized carbons (Fsp3) is 0.564. The second kappa shape index (κ2) is 22.0. The minimum Gasteiger partial charge on any atom is -0.507 e. The lowest BCUT2D eigenvalue weighted by atomic mass is 9.78. The zero-order chi connectivity index (χ0) is 54.3. The van der Waals surface area contributed by atoms with Gasteiger partial charge in [0.15, 0.2) is 11.4 Å². The normalized spacial score (nSPS) is 30.0. The van der Waals surface area contributed by atoms with Crippen molar-refractivity contribution in [2.45, 2.75) is 117 Å². The number of ether oxygens (including phenoxy) is 4. The monoisotopic (exact) mass is 1040 g/mol. The van der Waals surface area contributed by atoms with Crippen molar-refractivity contribution in [2.75, 3.05) is 63.1 Å². The second-order valence-corrected chi connectivity index (χ2v) is 21.4. The summed E-state index contributed by atoms with van der Waals surface area (Å²) in [6.45, 7) is 19.6. The van der Waals surface area contributed by atoms with Gasteiger partial charge >= 0.3 is 11.8 Å². The molecule has 2 aromatic carbocycles. The molecule has 75 heavy (non-hydrogen) atoms. The average Bonchev–Trinajstić information content (AvgIpc) is 3.95. The fourth-order valence-corrected chi connectivity index (χ4v) is 11.0. The number of likely N-dealkylation sites (tertiary alicyclic amines) is 1. The molecule has 1 aromatic heterocycles. The number of aliphatic hydroxyl groups excluding tert-OH is 2. The molecule has 6 aliphatic rings. The fourth-order valence-electron chi connectivity index (χ4n) is 11.0. The number of aliphatic hydroxyl groups is 2. The summed E-state index contributed by atoms with van der Waals surface area (Å²) in [5.41, 5.74) is -0.721. The highest BCUT2D eigenvalue weighted by Gasteiger charge is 2.50. The molecule has 5 N–H and O–H groups in total. The van der Waals surface area contributed by atoms with Crippen LogP contribution in [0, 0.1) is 36.5 Å². The first-order valence-corrected chi connectivity index (χ1v) is 26.0. The minimum absolute atomic E-state index is 0.00283. The topological polar surface area (TPSA) is 258 Å². The molecule has 404 valence electrons. The molecule has 9 rings (SSSR count). The molecule has 1 spiro atoms. The van der Waals surface area contributed by atoms with Crippen LogP contribution in [0.4, 0.5) is 11.6 Å². The van der Waals surface area contributed by atoms with Gasteiger partial charge in [-0.05, 0) is 31.9 Å². The van der Waals surface area contributed by atoms with Crippen LogP contribution in [-0.2, 0) is 28.6 Å². The van der Waals surface area contributed by atoms with E-state index in [0.29, 0.717) is 64.0 Å². The number of benzene rings is 2. The van der Waals surface area contributed by atoms with E-state index in [9.17, 15) is 39.6 Å². The van der Waals surface area contributed by atoms with Crippen molar-refractivity contribution in [2.24, 2.45) is 39.6 Å². The van der Waals surface area contributed by atoms with E-state index in [2.05, 4.69) is 34.0 Å². The maximum absolute atomic E-state index is 15.0. The Hall–Kier alpha value is -6.48. The van der Waals surface area contributed by atoms with Crippen LogP contribution in [0.2, 0.25) is 0 Å². The Morgan fingerprint density at radius 1 is 0.880 bits per heavy atom. The lowest BCUT2D eigenvalue weighted by Crippen LogP contribution is -2.50. The second-order valence-electron chi connectivity index (χ2n) is 21.4. The van der Waals surface area contributed by atoms with Crippen molar-refractivity contribution < 1.29 is 58.6 Å². The average molecular weight is 1040 g/mol. The molecule has 6 aliphatic heterocycles. The number of phenols is 2. The molecule has 0 saturated carbocycles. The van der Waals surface area contributed by atoms with Crippen LogP contribution in [-0.4, -0.2) is 153 Å². The molecule has 3 aromatic rings. The molecular weight excluding hydrogens is 965 g/mol. The largest absolute Gasteiger partial charge is 0.507 e. The van der Waals surface area contributed by atoms with Gasteiger partial charge in [0, 0.05) is 125 Å². The highest BCUT2D eigenvalue weighted by molar-refractivity contribution is 6.19. The molecular formula is C55H72N8O12. The molecule has 7 heterocycles. The number of ketones is 1. The van der Waals surface area contributed by atoms with Crippen molar-refractivity contribution in [3.8, 4) is 17.2 Å². The number of fused-ring (bicyclic) bond motifs is 13. The van der Waals surface area contributed by atoms with E-state index in [-0.39, 0.29) is 49.6 Å². The molecule has 20 heteroatoms. The van der Waals surface area contributed by atoms with Crippen LogP contribution in [0.15, 0.2) is 64.6 Å². The Morgan fingerprint density at radius 3 is 2.20 bits per heavy atom. The van der Waals surface area contributed by atoms with Gasteiger partial charge < -0.3 is 59.4 Å². The number of carbonyl (C=O) groups is 4. The van der Waals surface area contributed by atoms with E-state index in [1.54, 1.807) is 83.1 Å². The number of allylic oxidation sites excluding steroid dienone is 2. The number of nitrogens with zero attached hydrogens (tertiary/aromatic N) is 7. The van der Waals surface area contributed by atoms with Gasteiger partial charge in [-0.2, -0.15) is 0 Å². The summed E-state index contributed by atoms with van der Waals surface area (Å²) < 4.78 is 24.7. The van der Waals surface area contributed by atoms with Crippen molar-refractivity contribution in [1.29, 1.82) is 0 Å². The number of rotatable bonds is 7. The zero-order valence-electron chi connectivity index (χ0n) is 44.6. The summed E-state index contributed by atoms with van der Waals surface area (Å²) in [7, 11) is 1.44. The van der Waals surface area contributed by atoms with Gasteiger partial charge in [-0.25, -0.2) is 9.97 Å². The number of piperazine rings is 1. The smallest absolute Gasteiger partial charge is 0.315 e. The Labute approximate surface area is 436 Å². The SMILES string of the molecule is CO[C@H]1/C=C/O[C@@]2(C)Oc3c(C)c(O)c4c(O)c(c5c(c4c3C2=O)=NC2(CCN(CC(C)C)CC2)N=5)NC(=O)/C(C)=C\C=C\[C@H](C)[C@H](O)[C@@H](C)[C@@H](O)[C@@H](C)[C@H](OC(=O)CC(=O)N2CCN(c3ncccn3)CC2)[C@@H]1C. The number of esters is 1. The third kappa shape index (κ3) is 10.8. The van der Waals surface area contributed by atoms with E-state index in [4.69, 9.17) is 28.9 Å². The number of hydrogen-bond donors (Lipinski definition) is 5. The van der Waals surface area contributed by atoms with E-state index >= 15 is 0 Å². The molecule has 2 saturated heterocycles. The number of hydrogen-bond acceptors (Lipinski definition) is 18. The Kier molecular flexibility index (Phi) is 16.1. The van der Waals surface area contributed by atoms with Crippen LogP contribution >= 0.6 is 0 Å². The lowest BCUT2D eigenvalue weighted by molar-refractivity contribution is -0.165. The number of piperidine rings is 1. The van der Waals surface area contributed by atoms with Gasteiger partial charge in [0.25, 0.3) is 11.7 Å². The number of carbonyl (C=O) groups excluding carboxylic acids is 4. The molecule has 2 fully saturated rings. The molecule has 2 amide bonds. The van der Waals surface area contributed by atoms with E-state index in [0.717, 1.165) is 6.54 Å². The van der Waals surface area contributed by atoms with E-state index in [1.807, 2.05) is 4.90 Å². The summed E-state index contributed by atoms with van der Waals surface area (Å²) in [4.78, 5) is 81.3. The van der Waals surface area contributed by atoms with Crippen molar-refractivity contribution in [1.82, 2.24) is 19.8 Å². The number of amides is 2. The molecule has 0 radical (unpaired) electrons. The van der Waals surface area contributed by atoms with Crippen molar-refractivity contribution in [3.05, 3.63) is 76.4 Å². The quantitative estimate of drug-likeness (QED) is 0.126. The van der Waals surface area contributed by atoms with Crippen LogP contribution in [0.1, 0.15) is 90.6 Å². The van der Waals surface area contributed by atoms with Crippen molar-refractivity contribution in [3.63, 3.8) is 0 Å². The summed E-state index contributed by atoms with van der Waals surface area (Å²) in [5.74, 6) is -7.36.